The highest BCUT2D eigenvalue weighted by Crippen LogP contribution is 2.43. The van der Waals surface area contributed by atoms with E-state index in [1.165, 1.54) is 57.8 Å². The van der Waals surface area contributed by atoms with E-state index in [0.717, 1.165) is 91.4 Å². The molecule has 21 N–H and O–H groups in total. The van der Waals surface area contributed by atoms with Crippen LogP contribution in [0.15, 0.2) is 0 Å². The van der Waals surface area contributed by atoms with Crippen molar-refractivity contribution in [3.8, 4) is 0 Å². The van der Waals surface area contributed by atoms with E-state index in [1.54, 1.807) is 0 Å². The van der Waals surface area contributed by atoms with Gasteiger partial charge in [-0.05, 0) is 19.8 Å². The Morgan fingerprint density at radius 3 is 1.42 bits per heavy atom. The SMILES string of the molecule is CCCCCCCCCCCCCCCC(O)C(COC1OC(CO)C(OC2OC(CO)C(OC3OC(CO)C(O)C(O)C3CC(C)=O)C(OC3(C(=O)O)CC(O)C(NC(C)=O)C(C(O)C(CO)OC4(C(=O)O)CC(O)C(NC(C)=O)C(C(O)C(O)CO)O4)O3)C2O)C(O)C1O)NC(=O)CCCCCCCCCCC. The van der Waals surface area contributed by atoms with Crippen LogP contribution in [-0.4, -0.2) is 338 Å². The number of ketones is 1. The Labute approximate surface area is 641 Å². The van der Waals surface area contributed by atoms with Gasteiger partial charge in [-0.1, -0.05) is 149 Å². The van der Waals surface area contributed by atoms with Crippen molar-refractivity contribution in [2.45, 2.75) is 379 Å². The van der Waals surface area contributed by atoms with Crippen LogP contribution in [0.25, 0.3) is 0 Å². The lowest BCUT2D eigenvalue weighted by Gasteiger charge is -2.52. The molecule has 110 heavy (non-hydrogen) atoms. The van der Waals surface area contributed by atoms with Crippen LogP contribution < -0.4 is 16.0 Å². The van der Waals surface area contributed by atoms with Gasteiger partial charge in [0.1, 0.15) is 103 Å². The van der Waals surface area contributed by atoms with Crippen LogP contribution in [-0.2, 0) is 76.1 Å². The number of hydrogen-bond donors (Lipinski definition) is 21. The Bertz CT molecular complexity index is 2700. The summed E-state index contributed by atoms with van der Waals surface area (Å²) in [5.74, 6) is -15.8. The Morgan fingerprint density at radius 2 is 0.936 bits per heavy atom. The van der Waals surface area contributed by atoms with Gasteiger partial charge in [-0.25, -0.2) is 9.59 Å². The van der Waals surface area contributed by atoms with E-state index in [-0.39, 0.29) is 18.7 Å². The summed E-state index contributed by atoms with van der Waals surface area (Å²) in [5.41, 5.74) is 0. The van der Waals surface area contributed by atoms with Crippen molar-refractivity contribution < 1.29 is 168 Å². The van der Waals surface area contributed by atoms with Crippen LogP contribution >= 0.6 is 0 Å². The molecule has 0 spiro atoms. The van der Waals surface area contributed by atoms with Crippen molar-refractivity contribution in [3.63, 3.8) is 0 Å². The van der Waals surface area contributed by atoms with E-state index in [9.17, 15) is 121 Å². The zero-order valence-corrected chi connectivity index (χ0v) is 64.0. The molecular weight excluding hydrogens is 1460 g/mol. The second-order valence-corrected chi connectivity index (χ2v) is 30.0. The molecule has 5 rings (SSSR count). The number of aliphatic hydroxyl groups is 16. The van der Waals surface area contributed by atoms with Crippen LogP contribution in [0.1, 0.15) is 208 Å². The molecule has 0 aromatic heterocycles. The zero-order valence-electron chi connectivity index (χ0n) is 64.0. The summed E-state index contributed by atoms with van der Waals surface area (Å²) in [4.78, 5) is 79.0. The van der Waals surface area contributed by atoms with Gasteiger partial charge in [0.25, 0.3) is 11.6 Å². The Balaban J connectivity index is 1.47. The Morgan fingerprint density at radius 1 is 0.482 bits per heavy atom. The van der Waals surface area contributed by atoms with Crippen LogP contribution in [0.4, 0.5) is 0 Å². The largest absolute Gasteiger partial charge is 0.477 e. The van der Waals surface area contributed by atoms with Crippen LogP contribution in [0, 0.1) is 5.92 Å². The number of amides is 3. The van der Waals surface area contributed by atoms with Crippen LogP contribution in [0.2, 0.25) is 0 Å². The van der Waals surface area contributed by atoms with Gasteiger partial charge in [-0.15, -0.1) is 0 Å². The van der Waals surface area contributed by atoms with Gasteiger partial charge < -0.3 is 160 Å². The molecule has 0 aromatic rings. The normalized spacial score (nSPS) is 34.4. The molecule has 0 aliphatic carbocycles. The first kappa shape index (κ1) is 96.6. The number of aliphatic carboxylic acids is 2. The second kappa shape index (κ2) is 48.5. The number of carbonyl (C=O) groups is 6. The predicted molar refractivity (Wildman–Crippen MR) is 381 cm³/mol. The molecule has 0 bridgehead atoms. The molecule has 5 aliphatic rings. The van der Waals surface area contributed by atoms with Gasteiger partial charge in [0.15, 0.2) is 18.9 Å². The van der Waals surface area contributed by atoms with E-state index in [4.69, 9.17) is 47.4 Å². The third-order valence-electron chi connectivity index (χ3n) is 21.1. The highest BCUT2D eigenvalue weighted by atomic mass is 16.8. The lowest BCUT2D eigenvalue weighted by Crippen LogP contribution is -2.72. The van der Waals surface area contributed by atoms with Crippen molar-refractivity contribution >= 4 is 35.4 Å². The van der Waals surface area contributed by atoms with Gasteiger partial charge in [-0.2, -0.15) is 0 Å². The third-order valence-corrected chi connectivity index (χ3v) is 21.1. The molecule has 29 atom stereocenters. The molecule has 5 saturated heterocycles. The van der Waals surface area contributed by atoms with Crippen molar-refractivity contribution in [1.82, 2.24) is 16.0 Å². The standard InChI is InChI=1S/C73H129N3O34/c1-6-8-10-12-14-16-17-18-19-21-22-24-26-28-44(85)43(76-52(89)29-27-25-23-20-15-13-11-9-7-2)38-101-68-60(95)59(94)62(50(36-80)103-68)105-69-61(96)66(63(51(37-81)104-69)106-67-42(30-39(3)82)55(90)57(92)48(34-78)102-67)110-73(71(99)100)32-46(87)54(75-41(5)84)65(109-73)58(93)49(35-79)107-72(70(97)98)31-45(86)53(74-40(4)83)64(108-72)56(91)47(88)33-77/h42-51,53-69,77-81,85-88,90-96H,6-38H2,1-5H3,(H,74,83)(H,75,84)(H,76,89)(H,97,98)(H,99,100). The number of carboxylic acids is 2. The van der Waals surface area contributed by atoms with Crippen LogP contribution in [0.3, 0.4) is 0 Å². The summed E-state index contributed by atoms with van der Waals surface area (Å²) >= 11 is 0. The number of rotatable bonds is 52. The minimum atomic E-state index is -3.57. The first-order chi connectivity index (χ1) is 52.3. The fourth-order valence-electron chi connectivity index (χ4n) is 14.9. The van der Waals surface area contributed by atoms with Crippen molar-refractivity contribution in [3.05, 3.63) is 0 Å². The summed E-state index contributed by atoms with van der Waals surface area (Å²) < 4.78 is 60.0. The summed E-state index contributed by atoms with van der Waals surface area (Å²) in [5, 5.41) is 210. The first-order valence-electron chi connectivity index (χ1n) is 39.3. The first-order valence-corrected chi connectivity index (χ1v) is 39.3. The maximum Gasteiger partial charge on any atom is 0.364 e. The summed E-state index contributed by atoms with van der Waals surface area (Å²) in [6.07, 6.45) is -28.9. The predicted octanol–water partition coefficient (Wildman–Crippen LogP) is -2.72. The summed E-state index contributed by atoms with van der Waals surface area (Å²) in [7, 11) is 0. The molecule has 0 radical (unpaired) electrons. The van der Waals surface area contributed by atoms with Crippen molar-refractivity contribution in [2.24, 2.45) is 5.92 Å². The topological polar surface area (TPSA) is 595 Å². The molecule has 37 heteroatoms. The van der Waals surface area contributed by atoms with Crippen molar-refractivity contribution in [2.75, 3.05) is 39.6 Å². The Hall–Kier alpha value is -4.02. The van der Waals surface area contributed by atoms with E-state index in [1.807, 2.05) is 0 Å². The molecular formula is C73H129N3O34. The number of carboxylic acid groups (broad SMARTS) is 2. The molecule has 29 unspecified atom stereocenters. The van der Waals surface area contributed by atoms with Gasteiger partial charge in [0.2, 0.25) is 17.7 Å². The number of unbranched alkanes of at least 4 members (excludes halogenated alkanes) is 20. The van der Waals surface area contributed by atoms with Gasteiger partial charge in [0, 0.05) is 45.4 Å². The number of hydrogen-bond acceptors (Lipinski definition) is 32. The monoisotopic (exact) mass is 1590 g/mol. The Kier molecular flexibility index (Phi) is 42.6. The fraction of sp³-hybridized carbons (Fsp3) is 0.918. The molecule has 640 valence electrons. The molecule has 5 fully saturated rings. The molecule has 5 heterocycles. The number of aliphatic hydroxyl groups excluding tert-OH is 16. The lowest BCUT2D eigenvalue weighted by atomic mass is 9.86. The third kappa shape index (κ3) is 27.9. The summed E-state index contributed by atoms with van der Waals surface area (Å²) in [6.45, 7) is 0.716. The van der Waals surface area contributed by atoms with E-state index in [2.05, 4.69) is 29.8 Å². The second-order valence-electron chi connectivity index (χ2n) is 30.0. The minimum Gasteiger partial charge on any atom is -0.477 e. The average molecular weight is 1590 g/mol. The quantitative estimate of drug-likeness (QED) is 0.0275. The molecule has 0 aromatic carbocycles. The van der Waals surface area contributed by atoms with Crippen LogP contribution in [0.5, 0.6) is 0 Å². The van der Waals surface area contributed by atoms with E-state index in [0.29, 0.717) is 12.8 Å². The number of carbonyl (C=O) groups excluding carboxylic acids is 4. The highest BCUT2D eigenvalue weighted by molar-refractivity contribution is 5.78. The molecule has 5 aliphatic heterocycles. The minimum absolute atomic E-state index is 0.137. The lowest BCUT2D eigenvalue weighted by molar-refractivity contribution is -0.404. The van der Waals surface area contributed by atoms with Crippen molar-refractivity contribution in [1.29, 1.82) is 0 Å². The highest BCUT2D eigenvalue weighted by Gasteiger charge is 2.64. The van der Waals surface area contributed by atoms with Gasteiger partial charge in [-0.3, -0.25) is 14.4 Å². The van der Waals surface area contributed by atoms with E-state index < -0.39 is 265 Å². The smallest absolute Gasteiger partial charge is 0.364 e. The van der Waals surface area contributed by atoms with Gasteiger partial charge in [0.05, 0.1) is 82.2 Å². The maximum absolute atomic E-state index is 14.2. The number of ether oxygens (including phenoxy) is 10. The fourth-order valence-corrected chi connectivity index (χ4v) is 14.9. The number of Topliss-reactive ketones (excluding diaryl/α,β-unsaturated/α-hetero) is 1. The molecule has 3 amide bonds. The maximum atomic E-state index is 14.2. The van der Waals surface area contributed by atoms with E-state index >= 15 is 0 Å². The van der Waals surface area contributed by atoms with Gasteiger partial charge >= 0.3 is 11.9 Å². The molecule has 0 saturated carbocycles. The average Bonchev–Trinajstić information content (AvgIpc) is 0.774. The zero-order chi connectivity index (χ0) is 81.6. The summed E-state index contributed by atoms with van der Waals surface area (Å²) in [6, 6.07) is -4.86. The molecule has 37 nitrogen and oxygen atoms in total. The number of nitrogens with one attached hydrogen (secondary N) is 3.